The van der Waals surface area contributed by atoms with Gasteiger partial charge in [0.05, 0.1) is 16.7 Å². The highest BCUT2D eigenvalue weighted by molar-refractivity contribution is 6.10. The molecule has 0 bridgehead atoms. The molecule has 8 aromatic carbocycles. The van der Waals surface area contributed by atoms with Gasteiger partial charge in [-0.25, -0.2) is 4.98 Å². The van der Waals surface area contributed by atoms with Crippen LogP contribution in [0.3, 0.4) is 0 Å². The number of aryl methyl sites for hydroxylation is 1. The van der Waals surface area contributed by atoms with E-state index in [0.717, 1.165) is 101 Å². The molecule has 0 fully saturated rings. The smallest absolute Gasteiger partial charge is 0.138 e. The molecule has 0 aliphatic heterocycles. The van der Waals surface area contributed by atoms with Gasteiger partial charge in [-0.15, -0.1) is 0 Å². The molecule has 11 aromatic rings. The zero-order valence-electron chi connectivity index (χ0n) is 37.6. The lowest BCUT2D eigenvalue weighted by Crippen LogP contribution is -2.11. The summed E-state index contributed by atoms with van der Waals surface area (Å²) in [5, 5.41) is 3.41. The van der Waals surface area contributed by atoms with Gasteiger partial charge in [0, 0.05) is 57.0 Å². The number of nitrogens with zero attached hydrogens (tertiary/aromatic N) is 3. The fourth-order valence-corrected chi connectivity index (χ4v) is 9.06. The fraction of sp³-hybridized carbons (Fsp3) is 0.0656. The van der Waals surface area contributed by atoms with E-state index in [-0.39, 0.29) is 0 Å². The molecule has 3 aromatic heterocycles. The summed E-state index contributed by atoms with van der Waals surface area (Å²) < 4.78 is 8.31. The van der Waals surface area contributed by atoms with Crippen molar-refractivity contribution >= 4 is 55.9 Å². The number of nitrogens with two attached hydrogens (primary N) is 1. The maximum Gasteiger partial charge on any atom is 0.138 e. The van der Waals surface area contributed by atoms with Gasteiger partial charge < -0.3 is 15.1 Å². The Hall–Kier alpha value is -8.41. The van der Waals surface area contributed by atoms with Crippen LogP contribution in [0.15, 0.2) is 217 Å². The summed E-state index contributed by atoms with van der Waals surface area (Å²) >= 11 is 0. The lowest BCUT2D eigenvalue weighted by Gasteiger charge is -2.24. The molecule has 0 spiro atoms. The summed E-state index contributed by atoms with van der Waals surface area (Å²) in [6, 6.07) is 74.9. The molecular weight excluding hydrogens is 805 g/mol. The summed E-state index contributed by atoms with van der Waals surface area (Å²) in [5.41, 5.74) is 23.5. The molecule has 2 N–H and O–H groups in total. The maximum absolute atomic E-state index is 6.71. The predicted molar refractivity (Wildman–Crippen MR) is 279 cm³/mol. The Bertz CT molecular complexity index is 3450. The molecule has 66 heavy (non-hydrogen) atoms. The fourth-order valence-electron chi connectivity index (χ4n) is 9.06. The van der Waals surface area contributed by atoms with E-state index >= 15 is 0 Å². The van der Waals surface area contributed by atoms with E-state index in [4.69, 9.17) is 15.1 Å². The molecule has 320 valence electrons. The molecule has 11 rings (SSSR count). The second-order valence-electron chi connectivity index (χ2n) is 16.3. The lowest BCUT2D eigenvalue weighted by atomic mass is 9.95. The molecule has 0 radical (unpaired) electrons. The summed E-state index contributed by atoms with van der Waals surface area (Å²) in [6.07, 6.45) is 2.02. The number of hydrogen-bond acceptors (Lipinski definition) is 4. The van der Waals surface area contributed by atoms with Crippen LogP contribution >= 0.6 is 0 Å². The van der Waals surface area contributed by atoms with Crippen LogP contribution in [0.4, 0.5) is 11.4 Å². The third-order valence-corrected chi connectivity index (χ3v) is 12.4. The summed E-state index contributed by atoms with van der Waals surface area (Å²) in [6.45, 7) is 5.98. The van der Waals surface area contributed by atoms with E-state index in [1.807, 2.05) is 51.1 Å². The molecule has 0 amide bonds. The van der Waals surface area contributed by atoms with E-state index < -0.39 is 0 Å². The molecule has 3 heterocycles. The third kappa shape index (κ3) is 7.82. The van der Waals surface area contributed by atoms with Crippen molar-refractivity contribution in [2.75, 3.05) is 11.9 Å². The van der Waals surface area contributed by atoms with Crippen molar-refractivity contribution in [1.29, 1.82) is 0 Å². The first-order valence-corrected chi connectivity index (χ1v) is 22.6. The number of rotatable bonds is 9. The van der Waals surface area contributed by atoms with Gasteiger partial charge in [-0.1, -0.05) is 166 Å². The molecule has 0 unspecified atom stereocenters. The van der Waals surface area contributed by atoms with Crippen LogP contribution in [-0.2, 0) is 0 Å². The van der Waals surface area contributed by atoms with Gasteiger partial charge in [0.1, 0.15) is 17.2 Å². The minimum atomic E-state index is 0.687. The Morgan fingerprint density at radius 1 is 0.530 bits per heavy atom. The molecular formula is C61H50N4O. The molecule has 5 nitrogen and oxygen atoms in total. The third-order valence-electron chi connectivity index (χ3n) is 12.4. The van der Waals surface area contributed by atoms with Crippen molar-refractivity contribution in [3.63, 3.8) is 0 Å². The normalized spacial score (nSPS) is 11.5. The monoisotopic (exact) mass is 854 g/mol. The standard InChI is InChI=1S/C59H44N4O.C2H6/c1-39-50(49-23-13-15-25-58(49)64-39)38-53(60)42-26-30-47(31-27-42)62(2)55-32-28-44(34-51(55)41-18-8-4-9-19-41)45-29-33-57-52(35-45)48-22-12-14-24-56(48)63(57)59-37-46(40-16-6-3-7-17-40)36-54(61-59)43-20-10-5-11-21-43;1-2/h3-38H,60H2,1-2H3;1-2H3/b53-38-;. The molecule has 0 aliphatic carbocycles. The number of fused-ring (bicyclic) bond motifs is 4. The Morgan fingerprint density at radius 3 is 1.85 bits per heavy atom. The number of aromatic nitrogens is 2. The van der Waals surface area contributed by atoms with Gasteiger partial charge in [-0.2, -0.15) is 0 Å². The van der Waals surface area contributed by atoms with E-state index in [0.29, 0.717) is 5.70 Å². The molecule has 0 atom stereocenters. The second-order valence-corrected chi connectivity index (χ2v) is 16.3. The van der Waals surface area contributed by atoms with Crippen molar-refractivity contribution in [3.05, 3.63) is 229 Å². The highest BCUT2D eigenvalue weighted by Crippen LogP contribution is 2.41. The predicted octanol–water partition coefficient (Wildman–Crippen LogP) is 16.2. The highest BCUT2D eigenvalue weighted by atomic mass is 16.3. The molecule has 0 saturated carbocycles. The molecule has 5 heteroatoms. The van der Waals surface area contributed by atoms with Crippen molar-refractivity contribution in [1.82, 2.24) is 9.55 Å². The average Bonchev–Trinajstić information content (AvgIpc) is 3.90. The second kappa shape index (κ2) is 18.0. The number of anilines is 2. The number of hydrogen-bond donors (Lipinski definition) is 1. The maximum atomic E-state index is 6.71. The minimum Gasteiger partial charge on any atom is -0.461 e. The number of benzene rings is 8. The van der Waals surface area contributed by atoms with E-state index in [1.165, 1.54) is 10.8 Å². The number of pyridine rings is 1. The largest absolute Gasteiger partial charge is 0.461 e. The van der Waals surface area contributed by atoms with Gasteiger partial charge in [-0.3, -0.25) is 4.57 Å². The topological polar surface area (TPSA) is 60.2 Å². The van der Waals surface area contributed by atoms with Crippen molar-refractivity contribution in [2.24, 2.45) is 5.73 Å². The van der Waals surface area contributed by atoms with Crippen molar-refractivity contribution < 1.29 is 4.42 Å². The summed E-state index contributed by atoms with van der Waals surface area (Å²) in [5.74, 6) is 1.73. The zero-order valence-corrected chi connectivity index (χ0v) is 37.6. The minimum absolute atomic E-state index is 0.687. The SMILES string of the molecule is CC.Cc1oc2ccccc2c1/C=C(\N)c1ccc(N(C)c2ccc(-c3ccc4c(c3)c3ccccc3n4-c3cc(-c4ccccc4)cc(-c4ccccc4)n3)cc2-c2ccccc2)cc1. The van der Waals surface area contributed by atoms with Crippen LogP contribution < -0.4 is 10.6 Å². The molecule has 0 saturated heterocycles. The van der Waals surface area contributed by atoms with Gasteiger partial charge in [0.15, 0.2) is 0 Å². The van der Waals surface area contributed by atoms with Crippen LogP contribution in [0.2, 0.25) is 0 Å². The highest BCUT2D eigenvalue weighted by Gasteiger charge is 2.19. The van der Waals surface area contributed by atoms with E-state index in [9.17, 15) is 0 Å². The quantitative estimate of drug-likeness (QED) is 0.157. The van der Waals surface area contributed by atoms with Crippen LogP contribution in [0.25, 0.3) is 95.0 Å². The Morgan fingerprint density at radius 2 is 1.12 bits per heavy atom. The first-order chi connectivity index (χ1) is 32.5. The van der Waals surface area contributed by atoms with Gasteiger partial charge in [0.25, 0.3) is 0 Å². The first kappa shape index (κ1) is 41.6. The number of para-hydroxylation sites is 2. The Balaban J connectivity index is 0.00000252. The van der Waals surface area contributed by atoms with Crippen LogP contribution in [0.5, 0.6) is 0 Å². The van der Waals surface area contributed by atoms with Crippen LogP contribution in [0, 0.1) is 6.92 Å². The summed E-state index contributed by atoms with van der Waals surface area (Å²) in [4.78, 5) is 7.59. The first-order valence-electron chi connectivity index (χ1n) is 22.6. The molecule has 0 aliphatic rings. The number of furan rings is 1. The van der Waals surface area contributed by atoms with Gasteiger partial charge in [0.2, 0.25) is 0 Å². The summed E-state index contributed by atoms with van der Waals surface area (Å²) in [7, 11) is 2.13. The average molecular weight is 855 g/mol. The van der Waals surface area contributed by atoms with Crippen LogP contribution in [-0.4, -0.2) is 16.6 Å². The van der Waals surface area contributed by atoms with Gasteiger partial charge >= 0.3 is 0 Å². The van der Waals surface area contributed by atoms with Gasteiger partial charge in [-0.05, 0) is 107 Å². The van der Waals surface area contributed by atoms with Crippen LogP contribution in [0.1, 0.15) is 30.7 Å². The zero-order chi connectivity index (χ0) is 45.1. The van der Waals surface area contributed by atoms with E-state index in [1.54, 1.807) is 0 Å². The van der Waals surface area contributed by atoms with Crippen molar-refractivity contribution in [2.45, 2.75) is 20.8 Å². The van der Waals surface area contributed by atoms with E-state index in [2.05, 4.69) is 205 Å². The lowest BCUT2D eigenvalue weighted by molar-refractivity contribution is 0.577. The Labute approximate surface area is 386 Å². The van der Waals surface area contributed by atoms with Crippen molar-refractivity contribution in [3.8, 4) is 50.5 Å². The Kier molecular flexibility index (Phi) is 11.3.